The van der Waals surface area contributed by atoms with E-state index in [0.29, 0.717) is 25.9 Å². The molecule has 98 valence electrons. The molecule has 0 unspecified atom stereocenters. The second kappa shape index (κ2) is 4.76. The van der Waals surface area contributed by atoms with Crippen molar-refractivity contribution >= 4 is 5.91 Å². The monoisotopic (exact) mass is 257 g/mol. The summed E-state index contributed by atoms with van der Waals surface area (Å²) >= 11 is 0. The van der Waals surface area contributed by atoms with Gasteiger partial charge in [-0.15, -0.1) is 0 Å². The molecule has 0 spiro atoms. The van der Waals surface area contributed by atoms with Gasteiger partial charge in [0.1, 0.15) is 0 Å². The largest absolute Gasteiger partial charge is 0.336 e. The minimum atomic E-state index is -0.0647. The molecule has 2 aromatic rings. The normalized spacial score (nSPS) is 14.2. The van der Waals surface area contributed by atoms with Gasteiger partial charge >= 0.3 is 0 Å². The second-order valence-corrected chi connectivity index (χ2v) is 4.76. The van der Waals surface area contributed by atoms with Crippen LogP contribution in [0.25, 0.3) is 0 Å². The van der Waals surface area contributed by atoms with E-state index in [2.05, 4.69) is 10.2 Å². The Kier molecular flexibility index (Phi) is 2.95. The van der Waals surface area contributed by atoms with Crippen LogP contribution in [0.15, 0.2) is 35.1 Å². The molecule has 2 heterocycles. The summed E-state index contributed by atoms with van der Waals surface area (Å²) in [6.45, 7) is 1.10. The number of hydrogen-bond donors (Lipinski definition) is 2. The Hall–Kier alpha value is -2.30. The van der Waals surface area contributed by atoms with E-state index in [1.165, 1.54) is 0 Å². The molecule has 3 rings (SSSR count). The van der Waals surface area contributed by atoms with Crippen LogP contribution in [0.3, 0.4) is 0 Å². The van der Waals surface area contributed by atoms with Crippen LogP contribution < -0.4 is 5.56 Å². The van der Waals surface area contributed by atoms with Gasteiger partial charge in [-0.3, -0.25) is 14.7 Å². The lowest BCUT2D eigenvalue weighted by Gasteiger charge is -2.26. The molecule has 5 nitrogen and oxygen atoms in total. The van der Waals surface area contributed by atoms with E-state index in [-0.39, 0.29) is 11.5 Å². The summed E-state index contributed by atoms with van der Waals surface area (Å²) in [4.78, 5) is 25.4. The minimum absolute atomic E-state index is 0.0647. The first-order valence-electron chi connectivity index (χ1n) is 6.34. The van der Waals surface area contributed by atoms with Gasteiger partial charge in [-0.2, -0.15) is 0 Å². The summed E-state index contributed by atoms with van der Waals surface area (Å²) in [7, 11) is 0. The fraction of sp³-hybridized carbons (Fsp3) is 0.286. The van der Waals surface area contributed by atoms with Crippen molar-refractivity contribution < 1.29 is 4.79 Å². The molecule has 1 aliphatic rings. The van der Waals surface area contributed by atoms with Crippen molar-refractivity contribution in [1.29, 1.82) is 0 Å². The van der Waals surface area contributed by atoms with Crippen molar-refractivity contribution in [3.63, 3.8) is 0 Å². The molecule has 0 saturated carbocycles. The Balaban J connectivity index is 1.71. The van der Waals surface area contributed by atoms with Gasteiger partial charge in [0.2, 0.25) is 5.91 Å². The van der Waals surface area contributed by atoms with Crippen molar-refractivity contribution in [3.8, 4) is 0 Å². The van der Waals surface area contributed by atoms with Gasteiger partial charge in [-0.25, -0.2) is 0 Å². The lowest BCUT2D eigenvalue weighted by Crippen LogP contribution is -2.37. The first kappa shape index (κ1) is 11.8. The number of rotatable bonds is 2. The molecule has 0 radical (unpaired) electrons. The predicted octanol–water partition coefficient (Wildman–Crippen LogP) is 0.830. The fourth-order valence-corrected chi connectivity index (χ4v) is 2.43. The summed E-state index contributed by atoms with van der Waals surface area (Å²) in [6, 6.07) is 9.70. The number of aromatic amines is 2. The highest BCUT2D eigenvalue weighted by atomic mass is 16.2. The lowest BCUT2D eigenvalue weighted by atomic mass is 10.1. The first-order chi connectivity index (χ1) is 9.24. The van der Waals surface area contributed by atoms with Crippen molar-refractivity contribution in [2.75, 3.05) is 6.54 Å². The van der Waals surface area contributed by atoms with E-state index < -0.39 is 0 Å². The summed E-state index contributed by atoms with van der Waals surface area (Å²) in [5.74, 6) is 0.0962. The molecule has 1 aromatic carbocycles. The van der Waals surface area contributed by atoms with Gasteiger partial charge in [-0.05, 0) is 12.0 Å². The van der Waals surface area contributed by atoms with Crippen molar-refractivity contribution in [2.45, 2.75) is 19.4 Å². The molecule has 0 bridgehead atoms. The number of nitrogens with zero attached hydrogens (tertiary/aromatic N) is 1. The highest BCUT2D eigenvalue weighted by molar-refractivity contribution is 5.79. The van der Waals surface area contributed by atoms with Crippen molar-refractivity contribution in [3.05, 3.63) is 57.5 Å². The molecular weight excluding hydrogens is 242 g/mol. The molecule has 2 N–H and O–H groups in total. The molecule has 0 saturated heterocycles. The van der Waals surface area contributed by atoms with Crippen LogP contribution >= 0.6 is 0 Å². The molecule has 0 atom stereocenters. The Labute approximate surface area is 110 Å². The zero-order chi connectivity index (χ0) is 13.2. The van der Waals surface area contributed by atoms with Gasteiger partial charge in [0.25, 0.3) is 5.56 Å². The van der Waals surface area contributed by atoms with Gasteiger partial charge in [-0.1, -0.05) is 30.3 Å². The third kappa shape index (κ3) is 2.31. The zero-order valence-electron chi connectivity index (χ0n) is 10.5. The highest BCUT2D eigenvalue weighted by Crippen LogP contribution is 2.14. The van der Waals surface area contributed by atoms with E-state index in [0.717, 1.165) is 16.8 Å². The van der Waals surface area contributed by atoms with Crippen LogP contribution in [0.4, 0.5) is 0 Å². The maximum atomic E-state index is 12.2. The number of fused-ring (bicyclic) bond motifs is 1. The number of H-pyrrole nitrogens is 2. The Morgan fingerprint density at radius 3 is 2.79 bits per heavy atom. The van der Waals surface area contributed by atoms with Gasteiger partial charge in [0, 0.05) is 12.1 Å². The molecule has 1 aromatic heterocycles. The van der Waals surface area contributed by atoms with Gasteiger partial charge in [0.15, 0.2) is 0 Å². The number of carbonyl (C=O) groups is 1. The standard InChI is InChI=1S/C14H15N3O2/c18-13(8-10-4-2-1-3-5-10)17-7-6-11-12(9-17)15-16-14(11)19/h1-5H,6-9H2,(H2,15,16,19). The third-order valence-electron chi connectivity index (χ3n) is 3.50. The van der Waals surface area contributed by atoms with Gasteiger partial charge < -0.3 is 10.00 Å². The number of benzene rings is 1. The maximum Gasteiger partial charge on any atom is 0.267 e. The van der Waals surface area contributed by atoms with E-state index >= 15 is 0 Å². The average Bonchev–Trinajstić information content (AvgIpc) is 2.81. The number of amides is 1. The summed E-state index contributed by atoms with van der Waals surface area (Å²) in [6.07, 6.45) is 1.03. The highest BCUT2D eigenvalue weighted by Gasteiger charge is 2.23. The first-order valence-corrected chi connectivity index (χ1v) is 6.34. The third-order valence-corrected chi connectivity index (χ3v) is 3.50. The maximum absolute atomic E-state index is 12.2. The quantitative estimate of drug-likeness (QED) is 0.836. The minimum Gasteiger partial charge on any atom is -0.336 e. The average molecular weight is 257 g/mol. The van der Waals surface area contributed by atoms with E-state index in [1.54, 1.807) is 4.90 Å². The Bertz CT molecular complexity index is 642. The summed E-state index contributed by atoms with van der Waals surface area (Å²) in [5.41, 5.74) is 2.56. The molecular formula is C14H15N3O2. The molecule has 19 heavy (non-hydrogen) atoms. The van der Waals surface area contributed by atoms with Crippen LogP contribution in [-0.2, 0) is 24.2 Å². The molecule has 1 amide bonds. The molecule has 1 aliphatic heterocycles. The van der Waals surface area contributed by atoms with Crippen molar-refractivity contribution in [1.82, 2.24) is 15.1 Å². The molecule has 0 fully saturated rings. The number of aromatic nitrogens is 2. The molecule has 0 aliphatic carbocycles. The number of hydrogen-bond acceptors (Lipinski definition) is 2. The number of carbonyl (C=O) groups excluding carboxylic acids is 1. The number of nitrogens with one attached hydrogen (secondary N) is 2. The fourth-order valence-electron chi connectivity index (χ4n) is 2.43. The van der Waals surface area contributed by atoms with E-state index in [9.17, 15) is 9.59 Å². The Morgan fingerprint density at radius 2 is 2.00 bits per heavy atom. The predicted molar refractivity (Wildman–Crippen MR) is 70.7 cm³/mol. The van der Waals surface area contributed by atoms with Gasteiger partial charge in [0.05, 0.1) is 18.7 Å². The van der Waals surface area contributed by atoms with Crippen LogP contribution in [0.2, 0.25) is 0 Å². The van der Waals surface area contributed by atoms with Crippen LogP contribution in [0, 0.1) is 0 Å². The Morgan fingerprint density at radius 1 is 1.21 bits per heavy atom. The lowest BCUT2D eigenvalue weighted by molar-refractivity contribution is -0.131. The molecule has 5 heteroatoms. The van der Waals surface area contributed by atoms with E-state index in [1.807, 2.05) is 30.3 Å². The van der Waals surface area contributed by atoms with Crippen LogP contribution in [-0.4, -0.2) is 27.5 Å². The SMILES string of the molecule is O=C(Cc1ccccc1)N1CCc2c([nH][nH]c2=O)C1. The zero-order valence-corrected chi connectivity index (χ0v) is 10.5. The van der Waals surface area contributed by atoms with Crippen molar-refractivity contribution in [2.24, 2.45) is 0 Å². The second-order valence-electron chi connectivity index (χ2n) is 4.76. The topological polar surface area (TPSA) is 69.0 Å². The summed E-state index contributed by atoms with van der Waals surface area (Å²) < 4.78 is 0. The summed E-state index contributed by atoms with van der Waals surface area (Å²) in [5, 5.41) is 5.41. The van der Waals surface area contributed by atoms with Crippen LogP contribution in [0.1, 0.15) is 16.8 Å². The smallest absolute Gasteiger partial charge is 0.267 e. The van der Waals surface area contributed by atoms with E-state index in [4.69, 9.17) is 0 Å². The van der Waals surface area contributed by atoms with Crippen LogP contribution in [0.5, 0.6) is 0 Å².